The SMILES string of the molecule is Cc1ccc(S(=O)C2=CCO[C@@H]2c2ccccc2)c(C)c1. The van der Waals surface area contributed by atoms with E-state index in [1.165, 1.54) is 5.56 Å². The van der Waals surface area contributed by atoms with Crippen molar-refractivity contribution in [3.05, 3.63) is 76.2 Å². The molecule has 0 N–H and O–H groups in total. The predicted octanol–water partition coefficient (Wildman–Crippen LogP) is 4.07. The van der Waals surface area contributed by atoms with E-state index >= 15 is 0 Å². The van der Waals surface area contributed by atoms with Crippen LogP contribution in [-0.4, -0.2) is 10.8 Å². The van der Waals surface area contributed by atoms with Gasteiger partial charge in [0.25, 0.3) is 0 Å². The molecule has 3 rings (SSSR count). The smallest absolute Gasteiger partial charge is 0.116 e. The van der Waals surface area contributed by atoms with Crippen molar-refractivity contribution in [2.45, 2.75) is 24.8 Å². The Kier molecular flexibility index (Phi) is 4.04. The summed E-state index contributed by atoms with van der Waals surface area (Å²) in [6.07, 6.45) is 1.75. The predicted molar refractivity (Wildman–Crippen MR) is 85.5 cm³/mol. The van der Waals surface area contributed by atoms with Crippen LogP contribution in [0, 0.1) is 13.8 Å². The van der Waals surface area contributed by atoms with Crippen LogP contribution in [0.2, 0.25) is 0 Å². The summed E-state index contributed by atoms with van der Waals surface area (Å²) in [6.45, 7) is 4.57. The van der Waals surface area contributed by atoms with Crippen LogP contribution in [0.5, 0.6) is 0 Å². The molecule has 0 radical (unpaired) electrons. The van der Waals surface area contributed by atoms with E-state index in [-0.39, 0.29) is 6.10 Å². The van der Waals surface area contributed by atoms with Crippen LogP contribution in [0.1, 0.15) is 22.8 Å². The van der Waals surface area contributed by atoms with Gasteiger partial charge in [-0.1, -0.05) is 48.0 Å². The number of hydrogen-bond donors (Lipinski definition) is 0. The quantitative estimate of drug-likeness (QED) is 0.854. The number of ether oxygens (including phenoxy) is 1. The van der Waals surface area contributed by atoms with Crippen LogP contribution in [0.3, 0.4) is 0 Å². The summed E-state index contributed by atoms with van der Waals surface area (Å²) in [6, 6.07) is 16.0. The minimum atomic E-state index is -1.17. The van der Waals surface area contributed by atoms with Gasteiger partial charge >= 0.3 is 0 Å². The van der Waals surface area contributed by atoms with Gasteiger partial charge in [-0.2, -0.15) is 0 Å². The third-order valence-electron chi connectivity index (χ3n) is 3.65. The van der Waals surface area contributed by atoms with Crippen LogP contribution in [0.25, 0.3) is 0 Å². The van der Waals surface area contributed by atoms with Crippen LogP contribution < -0.4 is 0 Å². The average Bonchev–Trinajstić information content (AvgIpc) is 2.97. The summed E-state index contributed by atoms with van der Waals surface area (Å²) in [5.74, 6) is 0. The van der Waals surface area contributed by atoms with Crippen molar-refractivity contribution in [1.29, 1.82) is 0 Å². The van der Waals surface area contributed by atoms with Gasteiger partial charge in [0.05, 0.1) is 22.3 Å². The van der Waals surface area contributed by atoms with E-state index in [0.29, 0.717) is 6.61 Å². The summed E-state index contributed by atoms with van der Waals surface area (Å²) >= 11 is 0. The van der Waals surface area contributed by atoms with Gasteiger partial charge in [0.2, 0.25) is 0 Å². The zero-order valence-corrected chi connectivity index (χ0v) is 13.0. The highest BCUT2D eigenvalue weighted by atomic mass is 32.2. The first-order valence-electron chi connectivity index (χ1n) is 7.02. The van der Waals surface area contributed by atoms with E-state index in [1.54, 1.807) is 0 Å². The number of rotatable bonds is 3. The first-order chi connectivity index (χ1) is 10.2. The topological polar surface area (TPSA) is 26.3 Å². The zero-order valence-electron chi connectivity index (χ0n) is 12.2. The summed E-state index contributed by atoms with van der Waals surface area (Å²) in [4.78, 5) is 1.73. The molecule has 0 bridgehead atoms. The molecule has 0 amide bonds. The average molecular weight is 298 g/mol. The van der Waals surface area contributed by atoms with Gasteiger partial charge in [-0.3, -0.25) is 0 Å². The second kappa shape index (κ2) is 5.96. The largest absolute Gasteiger partial charge is 0.364 e. The Labute approximate surface area is 127 Å². The third kappa shape index (κ3) is 2.85. The van der Waals surface area contributed by atoms with Crippen molar-refractivity contribution in [2.75, 3.05) is 6.61 Å². The highest BCUT2D eigenvalue weighted by Gasteiger charge is 2.27. The van der Waals surface area contributed by atoms with E-state index < -0.39 is 10.8 Å². The second-order valence-electron chi connectivity index (χ2n) is 5.27. The van der Waals surface area contributed by atoms with E-state index in [2.05, 4.69) is 6.07 Å². The number of hydrogen-bond acceptors (Lipinski definition) is 2. The Morgan fingerprint density at radius 3 is 2.57 bits per heavy atom. The molecule has 0 saturated carbocycles. The first-order valence-corrected chi connectivity index (χ1v) is 8.17. The zero-order chi connectivity index (χ0) is 14.8. The van der Waals surface area contributed by atoms with Gasteiger partial charge in [-0.05, 0) is 37.1 Å². The maximum Gasteiger partial charge on any atom is 0.116 e. The molecule has 2 atom stereocenters. The van der Waals surface area contributed by atoms with E-state index in [0.717, 1.165) is 20.9 Å². The summed E-state index contributed by atoms with van der Waals surface area (Å²) in [5, 5.41) is 0. The molecule has 1 aliphatic rings. The second-order valence-corrected chi connectivity index (χ2v) is 6.72. The molecular formula is C18H18O2S. The molecule has 1 unspecified atom stereocenters. The van der Waals surface area contributed by atoms with Gasteiger partial charge in [0.15, 0.2) is 0 Å². The highest BCUT2D eigenvalue weighted by Crippen LogP contribution is 2.35. The van der Waals surface area contributed by atoms with Crippen LogP contribution >= 0.6 is 0 Å². The molecule has 0 aliphatic carbocycles. The van der Waals surface area contributed by atoms with Gasteiger partial charge in [0.1, 0.15) is 6.10 Å². The van der Waals surface area contributed by atoms with Crippen molar-refractivity contribution in [1.82, 2.24) is 0 Å². The number of benzene rings is 2. The fourth-order valence-electron chi connectivity index (χ4n) is 2.61. The molecule has 1 heterocycles. The number of aryl methyl sites for hydroxylation is 2. The van der Waals surface area contributed by atoms with Crippen LogP contribution in [-0.2, 0) is 15.5 Å². The molecule has 3 heteroatoms. The van der Waals surface area contributed by atoms with Crippen molar-refractivity contribution in [3.8, 4) is 0 Å². The molecule has 21 heavy (non-hydrogen) atoms. The molecule has 0 fully saturated rings. The molecule has 108 valence electrons. The highest BCUT2D eigenvalue weighted by molar-refractivity contribution is 7.89. The molecule has 0 spiro atoms. The lowest BCUT2D eigenvalue weighted by molar-refractivity contribution is 0.127. The Balaban J connectivity index is 1.94. The molecule has 2 aromatic carbocycles. The van der Waals surface area contributed by atoms with Crippen LogP contribution in [0.15, 0.2) is 64.4 Å². The molecule has 0 saturated heterocycles. The van der Waals surface area contributed by atoms with E-state index in [1.807, 2.05) is 62.4 Å². The van der Waals surface area contributed by atoms with Crippen LogP contribution in [0.4, 0.5) is 0 Å². The minimum Gasteiger partial charge on any atom is -0.364 e. The van der Waals surface area contributed by atoms with Crippen molar-refractivity contribution in [3.63, 3.8) is 0 Å². The fourth-order valence-corrected chi connectivity index (χ4v) is 4.03. The summed E-state index contributed by atoms with van der Waals surface area (Å²) in [5.41, 5.74) is 3.30. The lowest BCUT2D eigenvalue weighted by atomic mass is 10.1. The summed E-state index contributed by atoms with van der Waals surface area (Å²) in [7, 11) is -1.17. The molecule has 1 aliphatic heterocycles. The summed E-state index contributed by atoms with van der Waals surface area (Å²) < 4.78 is 18.7. The first kappa shape index (κ1) is 14.2. The van der Waals surface area contributed by atoms with Gasteiger partial charge in [0, 0.05) is 4.90 Å². The molecule has 2 nitrogen and oxygen atoms in total. The molecular weight excluding hydrogens is 280 g/mol. The van der Waals surface area contributed by atoms with Gasteiger partial charge < -0.3 is 4.74 Å². The Morgan fingerprint density at radius 2 is 1.86 bits per heavy atom. The van der Waals surface area contributed by atoms with Crippen molar-refractivity contribution < 1.29 is 8.95 Å². The van der Waals surface area contributed by atoms with Crippen molar-refractivity contribution in [2.24, 2.45) is 0 Å². The Morgan fingerprint density at radius 1 is 1.10 bits per heavy atom. The molecule has 2 aromatic rings. The Hall–Kier alpha value is -1.71. The monoisotopic (exact) mass is 298 g/mol. The van der Waals surface area contributed by atoms with E-state index in [4.69, 9.17) is 4.74 Å². The normalized spacial score (nSPS) is 19.3. The van der Waals surface area contributed by atoms with E-state index in [9.17, 15) is 4.21 Å². The minimum absolute atomic E-state index is 0.201. The Bertz CT molecular complexity index is 704. The molecule has 0 aromatic heterocycles. The standard InChI is InChI=1S/C18H18O2S/c1-13-8-9-16(14(2)12-13)21(19)17-10-11-20-18(17)15-6-4-3-5-7-15/h3-10,12,18H,11H2,1-2H3/t18-,21?/m1/s1. The third-order valence-corrected chi connectivity index (χ3v) is 5.32. The fraction of sp³-hybridized carbons (Fsp3) is 0.222. The maximum atomic E-state index is 12.9. The van der Waals surface area contributed by atoms with Crippen molar-refractivity contribution >= 4 is 10.8 Å². The van der Waals surface area contributed by atoms with Gasteiger partial charge in [-0.15, -0.1) is 0 Å². The maximum absolute atomic E-state index is 12.9. The lowest BCUT2D eigenvalue weighted by Crippen LogP contribution is -2.07. The lowest BCUT2D eigenvalue weighted by Gasteiger charge is -2.16. The van der Waals surface area contributed by atoms with Gasteiger partial charge in [-0.25, -0.2) is 4.21 Å².